The predicted molar refractivity (Wildman–Crippen MR) is 101 cm³/mol. The van der Waals surface area contributed by atoms with Crippen molar-refractivity contribution in [2.45, 2.75) is 32.2 Å². The quantitative estimate of drug-likeness (QED) is 0.698. The third-order valence-electron chi connectivity index (χ3n) is 3.99. The number of benzene rings is 2. The molecule has 4 nitrogen and oxygen atoms in total. The lowest BCUT2D eigenvalue weighted by Crippen LogP contribution is -2.32. The monoisotopic (exact) mass is 403 g/mol. The summed E-state index contributed by atoms with van der Waals surface area (Å²) in [5, 5.41) is 2.84. The van der Waals surface area contributed by atoms with E-state index >= 15 is 0 Å². The van der Waals surface area contributed by atoms with Gasteiger partial charge in [-0.2, -0.15) is 0 Å². The zero-order valence-corrected chi connectivity index (χ0v) is 16.0. The van der Waals surface area contributed by atoms with Gasteiger partial charge in [0.1, 0.15) is 0 Å². The van der Waals surface area contributed by atoms with Crippen molar-refractivity contribution in [2.75, 3.05) is 6.61 Å². The van der Waals surface area contributed by atoms with Gasteiger partial charge in [0.25, 0.3) is 5.91 Å². The van der Waals surface area contributed by atoms with E-state index in [1.54, 1.807) is 0 Å². The summed E-state index contributed by atoms with van der Waals surface area (Å²) in [7, 11) is 0. The lowest BCUT2D eigenvalue weighted by atomic mass is 9.97. The number of ether oxygens (including phenoxy) is 1. The summed E-state index contributed by atoms with van der Waals surface area (Å²) in [5.74, 6) is -1.04. The second kappa shape index (κ2) is 9.37. The zero-order valence-electron chi connectivity index (χ0n) is 14.4. The van der Waals surface area contributed by atoms with Crippen molar-refractivity contribution < 1.29 is 14.3 Å². The Bertz CT molecular complexity index is 701. The van der Waals surface area contributed by atoms with Crippen LogP contribution in [0.25, 0.3) is 0 Å². The molecule has 132 valence electrons. The van der Waals surface area contributed by atoms with E-state index in [2.05, 4.69) is 21.2 Å². The van der Waals surface area contributed by atoms with E-state index in [-0.39, 0.29) is 30.4 Å². The van der Waals surface area contributed by atoms with Crippen molar-refractivity contribution >= 4 is 27.8 Å². The van der Waals surface area contributed by atoms with Crippen LogP contribution < -0.4 is 5.32 Å². The first-order valence-corrected chi connectivity index (χ1v) is 9.07. The predicted octanol–water partition coefficient (Wildman–Crippen LogP) is 4.36. The molecule has 0 unspecified atom stereocenters. The smallest absolute Gasteiger partial charge is 0.313 e. The van der Waals surface area contributed by atoms with Crippen LogP contribution in [0.4, 0.5) is 0 Å². The fourth-order valence-corrected chi connectivity index (χ4v) is 2.84. The highest BCUT2D eigenvalue weighted by atomic mass is 79.9. The van der Waals surface area contributed by atoms with Crippen molar-refractivity contribution in [3.8, 4) is 0 Å². The Labute approximate surface area is 156 Å². The summed E-state index contributed by atoms with van der Waals surface area (Å²) >= 11 is 3.38. The van der Waals surface area contributed by atoms with Gasteiger partial charge in [0.2, 0.25) is 0 Å². The molecule has 0 fully saturated rings. The number of carbonyl (C=O) groups excluding carboxylic acids is 2. The molecule has 1 amide bonds. The van der Waals surface area contributed by atoms with Gasteiger partial charge in [-0.3, -0.25) is 9.59 Å². The highest BCUT2D eigenvalue weighted by molar-refractivity contribution is 9.10. The topological polar surface area (TPSA) is 55.4 Å². The number of hydrogen-bond acceptors (Lipinski definition) is 3. The van der Waals surface area contributed by atoms with Crippen LogP contribution in [0, 0.1) is 0 Å². The van der Waals surface area contributed by atoms with Crippen molar-refractivity contribution in [2.24, 2.45) is 0 Å². The molecular weight excluding hydrogens is 382 g/mol. The Kier molecular flexibility index (Phi) is 7.19. The average molecular weight is 404 g/mol. The summed E-state index contributed by atoms with van der Waals surface area (Å²) in [6.07, 6.45) is 0.625. The molecule has 0 aliphatic rings. The summed E-state index contributed by atoms with van der Waals surface area (Å²) in [6, 6.07) is 17.0. The van der Waals surface area contributed by atoms with E-state index in [4.69, 9.17) is 4.74 Å². The molecule has 2 aromatic rings. The van der Waals surface area contributed by atoms with Crippen molar-refractivity contribution in [1.29, 1.82) is 0 Å². The number of halogens is 1. The molecule has 2 atom stereocenters. The first-order chi connectivity index (χ1) is 12.0. The number of rotatable bonds is 7. The minimum absolute atomic E-state index is 0.157. The van der Waals surface area contributed by atoms with E-state index in [0.717, 1.165) is 15.6 Å². The van der Waals surface area contributed by atoms with Crippen LogP contribution in [0.15, 0.2) is 59.1 Å². The number of amides is 1. The molecule has 0 aromatic heterocycles. The molecule has 0 saturated heterocycles. The molecular formula is C20H22BrNO3. The molecule has 0 spiro atoms. The fourth-order valence-electron chi connectivity index (χ4n) is 2.58. The average Bonchev–Trinajstić information content (AvgIpc) is 2.62. The van der Waals surface area contributed by atoms with Gasteiger partial charge in [-0.05, 0) is 36.6 Å². The second-order valence-electron chi connectivity index (χ2n) is 5.82. The summed E-state index contributed by atoms with van der Waals surface area (Å²) in [4.78, 5) is 24.3. The van der Waals surface area contributed by atoms with E-state index in [9.17, 15) is 9.59 Å². The molecule has 2 aromatic carbocycles. The number of carbonyl (C=O) groups is 2. The summed E-state index contributed by atoms with van der Waals surface area (Å²) in [5.41, 5.74) is 1.89. The Morgan fingerprint density at radius 1 is 1.04 bits per heavy atom. The normalized spacial score (nSPS) is 12.9. The second-order valence-corrected chi connectivity index (χ2v) is 6.74. The van der Waals surface area contributed by atoms with Crippen LogP contribution in [-0.2, 0) is 14.3 Å². The molecule has 0 heterocycles. The minimum atomic E-state index is -0.375. The zero-order chi connectivity index (χ0) is 18.2. The van der Waals surface area contributed by atoms with Gasteiger partial charge in [0, 0.05) is 4.47 Å². The summed E-state index contributed by atoms with van der Waals surface area (Å²) < 4.78 is 6.19. The molecule has 0 bridgehead atoms. The Hall–Kier alpha value is -2.14. The van der Waals surface area contributed by atoms with Gasteiger partial charge in [-0.25, -0.2) is 0 Å². The first kappa shape index (κ1) is 19.2. The molecule has 25 heavy (non-hydrogen) atoms. The first-order valence-electron chi connectivity index (χ1n) is 8.27. The molecule has 1 N–H and O–H groups in total. The van der Waals surface area contributed by atoms with Crippen LogP contribution in [0.1, 0.15) is 43.4 Å². The van der Waals surface area contributed by atoms with E-state index in [1.807, 2.05) is 68.4 Å². The van der Waals surface area contributed by atoms with Gasteiger partial charge in [-0.1, -0.05) is 65.3 Å². The highest BCUT2D eigenvalue weighted by Crippen LogP contribution is 2.21. The Balaban J connectivity index is 1.86. The molecule has 5 heteroatoms. The third kappa shape index (κ3) is 5.71. The largest absolute Gasteiger partial charge is 0.455 e. The fraction of sp³-hybridized carbons (Fsp3) is 0.300. The van der Waals surface area contributed by atoms with Crippen LogP contribution >= 0.6 is 15.9 Å². The highest BCUT2D eigenvalue weighted by Gasteiger charge is 2.21. The SMILES string of the molecule is CC[C@H](C(=O)OCC(=O)N[C@@H](C)c1ccc(Br)cc1)c1ccccc1. The van der Waals surface area contributed by atoms with Crippen molar-refractivity contribution in [3.63, 3.8) is 0 Å². The minimum Gasteiger partial charge on any atom is -0.455 e. The van der Waals surface area contributed by atoms with Crippen LogP contribution in [0.5, 0.6) is 0 Å². The van der Waals surface area contributed by atoms with Crippen molar-refractivity contribution in [3.05, 3.63) is 70.2 Å². The number of esters is 1. The van der Waals surface area contributed by atoms with Gasteiger partial charge < -0.3 is 10.1 Å². The molecule has 0 saturated carbocycles. The molecule has 0 aliphatic heterocycles. The Morgan fingerprint density at radius 3 is 2.28 bits per heavy atom. The van der Waals surface area contributed by atoms with E-state index < -0.39 is 0 Å². The lowest BCUT2D eigenvalue weighted by molar-refractivity contribution is -0.150. The van der Waals surface area contributed by atoms with E-state index in [1.165, 1.54) is 0 Å². The maximum atomic E-state index is 12.3. The van der Waals surface area contributed by atoms with Crippen LogP contribution in [0.3, 0.4) is 0 Å². The standard InChI is InChI=1S/C20H22BrNO3/c1-3-18(16-7-5-4-6-8-16)20(24)25-13-19(23)22-14(2)15-9-11-17(21)12-10-15/h4-12,14,18H,3,13H2,1-2H3,(H,22,23)/t14-,18-/m0/s1. The van der Waals surface area contributed by atoms with Gasteiger partial charge in [-0.15, -0.1) is 0 Å². The molecule has 2 rings (SSSR count). The third-order valence-corrected chi connectivity index (χ3v) is 4.52. The maximum absolute atomic E-state index is 12.3. The van der Waals surface area contributed by atoms with Crippen LogP contribution in [0.2, 0.25) is 0 Å². The van der Waals surface area contributed by atoms with Crippen LogP contribution in [-0.4, -0.2) is 18.5 Å². The molecule has 0 radical (unpaired) electrons. The van der Waals surface area contributed by atoms with Gasteiger partial charge in [0.05, 0.1) is 12.0 Å². The summed E-state index contributed by atoms with van der Waals surface area (Å²) in [6.45, 7) is 3.54. The number of nitrogens with one attached hydrogen (secondary N) is 1. The van der Waals surface area contributed by atoms with Gasteiger partial charge in [0.15, 0.2) is 6.61 Å². The number of hydrogen-bond donors (Lipinski definition) is 1. The molecule has 0 aliphatic carbocycles. The van der Waals surface area contributed by atoms with Crippen molar-refractivity contribution in [1.82, 2.24) is 5.32 Å². The van der Waals surface area contributed by atoms with E-state index in [0.29, 0.717) is 6.42 Å². The van der Waals surface area contributed by atoms with Gasteiger partial charge >= 0.3 is 5.97 Å². The lowest BCUT2D eigenvalue weighted by Gasteiger charge is -2.17. The maximum Gasteiger partial charge on any atom is 0.313 e. The Morgan fingerprint density at radius 2 is 1.68 bits per heavy atom.